The topological polar surface area (TPSA) is 105 Å². The van der Waals surface area contributed by atoms with Gasteiger partial charge in [0.15, 0.2) is 0 Å². The van der Waals surface area contributed by atoms with Crippen molar-refractivity contribution in [2.24, 2.45) is 5.73 Å². The van der Waals surface area contributed by atoms with E-state index >= 15 is 0 Å². The first-order chi connectivity index (χ1) is 6.20. The van der Waals surface area contributed by atoms with Gasteiger partial charge in [-0.1, -0.05) is 0 Å². The first kappa shape index (κ1) is 7.53. The van der Waals surface area contributed by atoms with E-state index in [1.54, 1.807) is 0 Å². The first-order valence-corrected chi connectivity index (χ1v) is 3.54. The Bertz CT molecular complexity index is 525. The number of hydrogen-bond donors (Lipinski definition) is 3. The van der Waals surface area contributed by atoms with Crippen molar-refractivity contribution < 1.29 is 4.79 Å². The molecule has 0 aliphatic heterocycles. The Labute approximate surface area is 71.8 Å². The molecule has 0 aliphatic rings. The number of amides is 1. The quantitative estimate of drug-likeness (QED) is 0.540. The molecule has 66 valence electrons. The number of nitrogens with two attached hydrogens (primary N) is 1. The highest BCUT2D eigenvalue weighted by atomic mass is 16.1. The summed E-state index contributed by atoms with van der Waals surface area (Å²) in [4.78, 5) is 30.8. The van der Waals surface area contributed by atoms with E-state index in [1.165, 1.54) is 12.5 Å². The SMILES string of the molecule is NC(=O)c1c[nH]c2c(=O)[nH]cnc12. The lowest BCUT2D eigenvalue weighted by molar-refractivity contribution is 0.100. The number of hydrogen-bond acceptors (Lipinski definition) is 3. The third-order valence-electron chi connectivity index (χ3n) is 1.73. The van der Waals surface area contributed by atoms with E-state index in [4.69, 9.17) is 5.73 Å². The Morgan fingerprint density at radius 2 is 2.23 bits per heavy atom. The number of primary amides is 1. The van der Waals surface area contributed by atoms with Gasteiger partial charge in [0.25, 0.3) is 11.5 Å². The van der Waals surface area contributed by atoms with E-state index in [0.29, 0.717) is 5.52 Å². The minimum Gasteiger partial charge on any atom is -0.365 e. The summed E-state index contributed by atoms with van der Waals surface area (Å²) in [7, 11) is 0. The number of aromatic nitrogens is 3. The van der Waals surface area contributed by atoms with Crippen molar-refractivity contribution in [2.75, 3.05) is 0 Å². The summed E-state index contributed by atoms with van der Waals surface area (Å²) in [5, 5.41) is 0. The number of carbonyl (C=O) groups excluding carboxylic acids is 1. The van der Waals surface area contributed by atoms with Gasteiger partial charge < -0.3 is 15.7 Å². The number of carbonyl (C=O) groups is 1. The highest BCUT2D eigenvalue weighted by Crippen LogP contribution is 2.09. The van der Waals surface area contributed by atoms with Crippen molar-refractivity contribution in [3.63, 3.8) is 0 Å². The van der Waals surface area contributed by atoms with E-state index in [9.17, 15) is 9.59 Å². The summed E-state index contributed by atoms with van der Waals surface area (Å²) in [6.07, 6.45) is 2.60. The molecule has 2 rings (SSSR count). The normalized spacial score (nSPS) is 10.5. The van der Waals surface area contributed by atoms with Gasteiger partial charge >= 0.3 is 0 Å². The van der Waals surface area contributed by atoms with Crippen LogP contribution >= 0.6 is 0 Å². The van der Waals surface area contributed by atoms with Crippen LogP contribution in [0.1, 0.15) is 10.4 Å². The molecule has 2 aromatic rings. The number of aromatic amines is 2. The molecule has 0 saturated heterocycles. The fourth-order valence-electron chi connectivity index (χ4n) is 1.14. The molecule has 0 saturated carbocycles. The standard InChI is InChI=1S/C7H6N4O2/c8-6(12)3-1-9-5-4(3)10-2-11-7(5)13/h1-2,9H,(H2,8,12)(H,10,11,13). The summed E-state index contributed by atoms with van der Waals surface area (Å²) in [5.74, 6) is -0.607. The summed E-state index contributed by atoms with van der Waals surface area (Å²) in [6, 6.07) is 0. The number of fused-ring (bicyclic) bond motifs is 1. The third kappa shape index (κ3) is 0.994. The van der Waals surface area contributed by atoms with E-state index in [-0.39, 0.29) is 16.6 Å². The zero-order valence-electron chi connectivity index (χ0n) is 6.50. The maximum absolute atomic E-state index is 11.1. The van der Waals surface area contributed by atoms with Crippen molar-refractivity contribution >= 4 is 16.9 Å². The molecule has 0 radical (unpaired) electrons. The third-order valence-corrected chi connectivity index (χ3v) is 1.73. The Morgan fingerprint density at radius 1 is 1.46 bits per heavy atom. The van der Waals surface area contributed by atoms with Gasteiger partial charge in [0.2, 0.25) is 0 Å². The highest BCUT2D eigenvalue weighted by Gasteiger charge is 2.11. The molecule has 0 spiro atoms. The summed E-state index contributed by atoms with van der Waals surface area (Å²) in [5.41, 5.74) is 5.53. The fourth-order valence-corrected chi connectivity index (χ4v) is 1.14. The Hall–Kier alpha value is -2.11. The van der Waals surface area contributed by atoms with Crippen molar-refractivity contribution in [3.8, 4) is 0 Å². The van der Waals surface area contributed by atoms with Crippen molar-refractivity contribution in [1.82, 2.24) is 15.0 Å². The van der Waals surface area contributed by atoms with Crippen LogP contribution in [-0.4, -0.2) is 20.9 Å². The minimum absolute atomic E-state index is 0.223. The Morgan fingerprint density at radius 3 is 2.92 bits per heavy atom. The molecule has 2 heterocycles. The summed E-state index contributed by atoms with van der Waals surface area (Å²) >= 11 is 0. The van der Waals surface area contributed by atoms with Crippen LogP contribution in [0.3, 0.4) is 0 Å². The van der Waals surface area contributed by atoms with Crippen LogP contribution in [0.4, 0.5) is 0 Å². The van der Waals surface area contributed by atoms with Gasteiger partial charge in [0, 0.05) is 6.20 Å². The Kier molecular flexibility index (Phi) is 1.42. The molecule has 0 unspecified atom stereocenters. The fraction of sp³-hybridized carbons (Fsp3) is 0. The van der Waals surface area contributed by atoms with E-state index in [2.05, 4.69) is 15.0 Å². The van der Waals surface area contributed by atoms with E-state index in [1.807, 2.05) is 0 Å². The predicted octanol–water partition coefficient (Wildman–Crippen LogP) is -0.650. The molecule has 0 fully saturated rings. The summed E-state index contributed by atoms with van der Waals surface area (Å²) < 4.78 is 0. The number of nitrogens with zero attached hydrogens (tertiary/aromatic N) is 1. The van der Waals surface area contributed by atoms with E-state index < -0.39 is 5.91 Å². The number of H-pyrrole nitrogens is 2. The van der Waals surface area contributed by atoms with Gasteiger partial charge in [-0.2, -0.15) is 0 Å². The zero-order chi connectivity index (χ0) is 9.42. The zero-order valence-corrected chi connectivity index (χ0v) is 6.50. The lowest BCUT2D eigenvalue weighted by Crippen LogP contribution is -2.11. The molecular formula is C7H6N4O2. The molecule has 0 bridgehead atoms. The van der Waals surface area contributed by atoms with Crippen LogP contribution in [0.15, 0.2) is 17.3 Å². The van der Waals surface area contributed by atoms with Crippen molar-refractivity contribution in [2.45, 2.75) is 0 Å². The van der Waals surface area contributed by atoms with Crippen LogP contribution in [0.25, 0.3) is 11.0 Å². The molecule has 1 amide bonds. The van der Waals surface area contributed by atoms with Crippen LogP contribution in [-0.2, 0) is 0 Å². The largest absolute Gasteiger partial charge is 0.365 e. The highest BCUT2D eigenvalue weighted by molar-refractivity contribution is 6.03. The number of rotatable bonds is 1. The second-order valence-electron chi connectivity index (χ2n) is 2.52. The number of nitrogens with one attached hydrogen (secondary N) is 2. The van der Waals surface area contributed by atoms with E-state index in [0.717, 1.165) is 0 Å². The maximum atomic E-state index is 11.1. The van der Waals surface area contributed by atoms with Crippen LogP contribution < -0.4 is 11.3 Å². The van der Waals surface area contributed by atoms with Crippen LogP contribution in [0, 0.1) is 0 Å². The molecule has 0 aromatic carbocycles. The molecule has 2 aromatic heterocycles. The molecule has 0 atom stereocenters. The van der Waals surface area contributed by atoms with Gasteiger partial charge in [0.1, 0.15) is 11.0 Å². The smallest absolute Gasteiger partial charge is 0.275 e. The van der Waals surface area contributed by atoms with Gasteiger partial charge in [-0.25, -0.2) is 4.98 Å². The van der Waals surface area contributed by atoms with Crippen LogP contribution in [0.5, 0.6) is 0 Å². The summed E-state index contributed by atoms with van der Waals surface area (Å²) in [6.45, 7) is 0. The monoisotopic (exact) mass is 178 g/mol. The molecule has 6 nitrogen and oxygen atoms in total. The average Bonchev–Trinajstić information content (AvgIpc) is 2.48. The van der Waals surface area contributed by atoms with Gasteiger partial charge in [-0.3, -0.25) is 9.59 Å². The lowest BCUT2D eigenvalue weighted by atomic mass is 10.3. The molecule has 6 heteroatoms. The van der Waals surface area contributed by atoms with Crippen LogP contribution in [0.2, 0.25) is 0 Å². The van der Waals surface area contributed by atoms with Crippen molar-refractivity contribution in [1.29, 1.82) is 0 Å². The van der Waals surface area contributed by atoms with Crippen molar-refractivity contribution in [3.05, 3.63) is 28.4 Å². The average molecular weight is 178 g/mol. The van der Waals surface area contributed by atoms with Gasteiger partial charge in [0.05, 0.1) is 11.9 Å². The molecule has 13 heavy (non-hydrogen) atoms. The molecule has 0 aliphatic carbocycles. The first-order valence-electron chi connectivity index (χ1n) is 3.54. The maximum Gasteiger partial charge on any atom is 0.275 e. The van der Waals surface area contributed by atoms with Gasteiger partial charge in [-0.05, 0) is 0 Å². The van der Waals surface area contributed by atoms with Gasteiger partial charge in [-0.15, -0.1) is 0 Å². The lowest BCUT2D eigenvalue weighted by Gasteiger charge is -1.89. The second kappa shape index (κ2) is 2.44. The Balaban J connectivity index is 2.91. The predicted molar refractivity (Wildman–Crippen MR) is 45.2 cm³/mol. The second-order valence-corrected chi connectivity index (χ2v) is 2.52. The molecular weight excluding hydrogens is 172 g/mol. The molecule has 4 N–H and O–H groups in total. The minimum atomic E-state index is -0.607.